The zero-order valence-corrected chi connectivity index (χ0v) is 12.0. The first-order valence-electron chi connectivity index (χ1n) is 7.39. The number of hydrogen-bond acceptors (Lipinski definition) is 3. The van der Waals surface area contributed by atoms with Crippen LogP contribution in [0.15, 0.2) is 30.3 Å². The van der Waals surface area contributed by atoms with Gasteiger partial charge in [-0.2, -0.15) is 0 Å². The molecule has 0 saturated heterocycles. The SMILES string of the molecule is N[C@H](Cc1ccccc1)C(=O)NC1CCC(C(=O)O)CC1. The predicted octanol–water partition coefficient (Wildman–Crippen LogP) is 1.32. The van der Waals surface area contributed by atoms with Crippen LogP contribution >= 0.6 is 0 Å². The molecule has 0 unspecified atom stereocenters. The van der Waals surface area contributed by atoms with Crippen molar-refractivity contribution in [2.75, 3.05) is 0 Å². The van der Waals surface area contributed by atoms with Gasteiger partial charge in [0.2, 0.25) is 5.91 Å². The molecule has 0 bridgehead atoms. The van der Waals surface area contributed by atoms with Gasteiger partial charge in [-0.05, 0) is 37.7 Å². The number of amides is 1. The van der Waals surface area contributed by atoms with E-state index in [9.17, 15) is 9.59 Å². The second kappa shape index (κ2) is 7.22. The molecule has 0 aliphatic heterocycles. The van der Waals surface area contributed by atoms with E-state index >= 15 is 0 Å². The van der Waals surface area contributed by atoms with Crippen LogP contribution in [0.4, 0.5) is 0 Å². The van der Waals surface area contributed by atoms with Gasteiger partial charge in [0.15, 0.2) is 0 Å². The van der Waals surface area contributed by atoms with E-state index in [0.29, 0.717) is 32.1 Å². The standard InChI is InChI=1S/C16H22N2O3/c17-14(10-11-4-2-1-3-5-11)15(19)18-13-8-6-12(7-9-13)16(20)21/h1-5,12-14H,6-10,17H2,(H,18,19)(H,20,21)/t12?,13?,14-/m1/s1. The third-order valence-corrected chi connectivity index (χ3v) is 4.06. The predicted molar refractivity (Wildman–Crippen MR) is 79.6 cm³/mol. The number of nitrogens with two attached hydrogens (primary N) is 1. The molecule has 114 valence electrons. The summed E-state index contributed by atoms with van der Waals surface area (Å²) in [4.78, 5) is 23.0. The number of hydrogen-bond donors (Lipinski definition) is 3. The van der Waals surface area contributed by atoms with Crippen molar-refractivity contribution in [2.45, 2.75) is 44.2 Å². The van der Waals surface area contributed by atoms with Crippen LogP contribution in [0.25, 0.3) is 0 Å². The topological polar surface area (TPSA) is 92.4 Å². The molecule has 0 radical (unpaired) electrons. The fourth-order valence-corrected chi connectivity index (χ4v) is 2.75. The van der Waals surface area contributed by atoms with Crippen LogP contribution in [0.2, 0.25) is 0 Å². The highest BCUT2D eigenvalue weighted by Crippen LogP contribution is 2.24. The highest BCUT2D eigenvalue weighted by atomic mass is 16.4. The van der Waals surface area contributed by atoms with E-state index in [0.717, 1.165) is 5.56 Å². The molecule has 1 fully saturated rings. The maximum absolute atomic E-state index is 12.1. The molecule has 4 N–H and O–H groups in total. The van der Waals surface area contributed by atoms with Gasteiger partial charge < -0.3 is 16.2 Å². The summed E-state index contributed by atoms with van der Waals surface area (Å²) in [6, 6.07) is 9.16. The largest absolute Gasteiger partial charge is 0.481 e. The first-order valence-corrected chi connectivity index (χ1v) is 7.39. The van der Waals surface area contributed by atoms with Crippen molar-refractivity contribution in [1.82, 2.24) is 5.32 Å². The molecule has 1 amide bonds. The average Bonchev–Trinajstić information content (AvgIpc) is 2.48. The van der Waals surface area contributed by atoms with Crippen LogP contribution in [-0.4, -0.2) is 29.1 Å². The summed E-state index contributed by atoms with van der Waals surface area (Å²) >= 11 is 0. The molecule has 1 aliphatic rings. The Morgan fingerprint density at radius 1 is 1.19 bits per heavy atom. The zero-order valence-electron chi connectivity index (χ0n) is 12.0. The number of nitrogens with one attached hydrogen (secondary N) is 1. The van der Waals surface area contributed by atoms with Gasteiger partial charge in [-0.1, -0.05) is 30.3 Å². The molecule has 2 rings (SSSR count). The second-order valence-corrected chi connectivity index (χ2v) is 5.69. The normalized spacial score (nSPS) is 23.3. The van der Waals surface area contributed by atoms with Crippen LogP contribution < -0.4 is 11.1 Å². The third-order valence-electron chi connectivity index (χ3n) is 4.06. The molecule has 1 aromatic rings. The Morgan fingerprint density at radius 3 is 2.38 bits per heavy atom. The molecule has 1 saturated carbocycles. The van der Waals surface area contributed by atoms with Crippen LogP contribution in [-0.2, 0) is 16.0 Å². The molecule has 0 spiro atoms. The fourth-order valence-electron chi connectivity index (χ4n) is 2.75. The van der Waals surface area contributed by atoms with E-state index in [1.54, 1.807) is 0 Å². The van der Waals surface area contributed by atoms with Gasteiger partial charge in [0.1, 0.15) is 0 Å². The molecule has 1 atom stereocenters. The Labute approximate surface area is 124 Å². The molecule has 1 aromatic carbocycles. The Morgan fingerprint density at radius 2 is 1.81 bits per heavy atom. The van der Waals surface area contributed by atoms with E-state index in [2.05, 4.69) is 5.32 Å². The lowest BCUT2D eigenvalue weighted by molar-refractivity contribution is -0.142. The van der Waals surface area contributed by atoms with Gasteiger partial charge in [-0.25, -0.2) is 0 Å². The average molecular weight is 290 g/mol. The summed E-state index contributed by atoms with van der Waals surface area (Å²) in [5, 5.41) is 11.9. The van der Waals surface area contributed by atoms with Crippen LogP contribution in [0.3, 0.4) is 0 Å². The summed E-state index contributed by atoms with van der Waals surface area (Å²) in [7, 11) is 0. The van der Waals surface area contributed by atoms with Gasteiger partial charge in [-0.15, -0.1) is 0 Å². The second-order valence-electron chi connectivity index (χ2n) is 5.69. The van der Waals surface area contributed by atoms with E-state index < -0.39 is 12.0 Å². The fraction of sp³-hybridized carbons (Fsp3) is 0.500. The Balaban J connectivity index is 1.78. The number of carboxylic acid groups (broad SMARTS) is 1. The van der Waals surface area contributed by atoms with Gasteiger partial charge in [-0.3, -0.25) is 9.59 Å². The van der Waals surface area contributed by atoms with Gasteiger partial charge in [0, 0.05) is 6.04 Å². The number of carbonyl (C=O) groups excluding carboxylic acids is 1. The summed E-state index contributed by atoms with van der Waals surface area (Å²) in [6.45, 7) is 0. The maximum Gasteiger partial charge on any atom is 0.306 e. The smallest absolute Gasteiger partial charge is 0.306 e. The maximum atomic E-state index is 12.1. The first kappa shape index (κ1) is 15.5. The van der Waals surface area contributed by atoms with Crippen LogP contribution in [0, 0.1) is 5.92 Å². The lowest BCUT2D eigenvalue weighted by Crippen LogP contribution is -2.47. The van der Waals surface area contributed by atoms with Crippen molar-refractivity contribution in [3.63, 3.8) is 0 Å². The molecule has 5 nitrogen and oxygen atoms in total. The molecule has 21 heavy (non-hydrogen) atoms. The van der Waals surface area contributed by atoms with Crippen molar-refractivity contribution in [1.29, 1.82) is 0 Å². The highest BCUT2D eigenvalue weighted by molar-refractivity contribution is 5.82. The van der Waals surface area contributed by atoms with Gasteiger partial charge in [0.25, 0.3) is 0 Å². The van der Waals surface area contributed by atoms with Crippen molar-refractivity contribution in [3.8, 4) is 0 Å². The van der Waals surface area contributed by atoms with Crippen molar-refractivity contribution in [3.05, 3.63) is 35.9 Å². The van der Waals surface area contributed by atoms with E-state index in [-0.39, 0.29) is 17.9 Å². The number of aliphatic carboxylic acids is 1. The van der Waals surface area contributed by atoms with Crippen molar-refractivity contribution >= 4 is 11.9 Å². The van der Waals surface area contributed by atoms with E-state index in [1.165, 1.54) is 0 Å². The Kier molecular flexibility index (Phi) is 5.33. The number of carboxylic acids is 1. The first-order chi connectivity index (χ1) is 10.1. The number of carbonyl (C=O) groups is 2. The van der Waals surface area contributed by atoms with Crippen molar-refractivity contribution in [2.24, 2.45) is 11.7 Å². The number of rotatable bonds is 5. The summed E-state index contributed by atoms with van der Waals surface area (Å²) in [5.74, 6) is -1.16. The van der Waals surface area contributed by atoms with Crippen molar-refractivity contribution < 1.29 is 14.7 Å². The summed E-state index contributed by atoms with van der Waals surface area (Å²) in [5.41, 5.74) is 6.97. The van der Waals surface area contributed by atoms with Gasteiger partial charge >= 0.3 is 5.97 Å². The lowest BCUT2D eigenvalue weighted by Gasteiger charge is -2.27. The minimum absolute atomic E-state index is 0.0509. The lowest BCUT2D eigenvalue weighted by atomic mass is 9.86. The van der Waals surface area contributed by atoms with Crippen LogP contribution in [0.1, 0.15) is 31.2 Å². The number of benzene rings is 1. The molecule has 0 heterocycles. The minimum Gasteiger partial charge on any atom is -0.481 e. The van der Waals surface area contributed by atoms with Gasteiger partial charge in [0.05, 0.1) is 12.0 Å². The van der Waals surface area contributed by atoms with E-state index in [4.69, 9.17) is 10.8 Å². The van der Waals surface area contributed by atoms with Crippen LogP contribution in [0.5, 0.6) is 0 Å². The molecule has 5 heteroatoms. The van der Waals surface area contributed by atoms with E-state index in [1.807, 2.05) is 30.3 Å². The Bertz CT molecular complexity index is 482. The Hall–Kier alpha value is -1.88. The third kappa shape index (κ3) is 4.56. The zero-order chi connectivity index (χ0) is 15.2. The monoisotopic (exact) mass is 290 g/mol. The molecule has 1 aliphatic carbocycles. The molecular weight excluding hydrogens is 268 g/mol. The quantitative estimate of drug-likeness (QED) is 0.762. The summed E-state index contributed by atoms with van der Waals surface area (Å²) < 4.78 is 0. The molecular formula is C16H22N2O3. The summed E-state index contributed by atoms with van der Waals surface area (Å²) in [6.07, 6.45) is 3.17. The molecule has 0 aromatic heterocycles. The highest BCUT2D eigenvalue weighted by Gasteiger charge is 2.27. The minimum atomic E-state index is -0.736.